The molecule has 0 radical (unpaired) electrons. The van der Waals surface area contributed by atoms with Gasteiger partial charge in [0.25, 0.3) is 5.56 Å². The van der Waals surface area contributed by atoms with Crippen LogP contribution in [0, 0.1) is 6.92 Å². The number of aryl methyl sites for hydroxylation is 1. The van der Waals surface area contributed by atoms with Gasteiger partial charge in [0, 0.05) is 38.4 Å². The minimum atomic E-state index is -0.0320. The van der Waals surface area contributed by atoms with E-state index in [-0.39, 0.29) is 5.56 Å². The lowest BCUT2D eigenvalue weighted by Gasteiger charge is -2.44. The molecule has 130 valence electrons. The highest BCUT2D eigenvalue weighted by atomic mass is 16.1. The van der Waals surface area contributed by atoms with Crippen LogP contribution in [0.3, 0.4) is 0 Å². The largest absolute Gasteiger partial charge is 0.352 e. The Hall–Kier alpha value is -2.81. The van der Waals surface area contributed by atoms with E-state index in [4.69, 9.17) is 0 Å². The highest BCUT2D eigenvalue weighted by Crippen LogP contribution is 2.22. The number of hydrogen-bond donors (Lipinski definition) is 0. The molecule has 4 heterocycles. The lowest BCUT2D eigenvalue weighted by atomic mass is 10.1. The number of aromatic nitrogens is 6. The molecular weight excluding hydrogens is 320 g/mol. The highest BCUT2D eigenvalue weighted by Gasteiger charge is 2.31. The second-order valence-electron chi connectivity index (χ2n) is 6.44. The van der Waals surface area contributed by atoms with Crippen molar-refractivity contribution in [3.8, 4) is 0 Å². The molecule has 0 unspecified atom stereocenters. The predicted molar refractivity (Wildman–Crippen MR) is 92.5 cm³/mol. The summed E-state index contributed by atoms with van der Waals surface area (Å²) in [7, 11) is 3.81. The Labute approximate surface area is 144 Å². The normalized spacial score (nSPS) is 15.1. The van der Waals surface area contributed by atoms with Crippen LogP contribution in [0.1, 0.15) is 11.6 Å². The molecule has 3 aromatic heterocycles. The lowest BCUT2D eigenvalue weighted by Crippen LogP contribution is -2.58. The van der Waals surface area contributed by atoms with Gasteiger partial charge in [0.05, 0.1) is 6.54 Å². The maximum absolute atomic E-state index is 11.7. The summed E-state index contributed by atoms with van der Waals surface area (Å²) in [5.41, 5.74) is 0.724. The number of anilines is 1. The molecule has 4 rings (SSSR count). The van der Waals surface area contributed by atoms with Crippen LogP contribution < -0.4 is 10.5 Å². The van der Waals surface area contributed by atoms with Crippen molar-refractivity contribution in [3.05, 3.63) is 46.4 Å². The molecule has 1 aliphatic heterocycles. The fourth-order valence-corrected chi connectivity index (χ4v) is 2.99. The molecule has 1 saturated heterocycles. The van der Waals surface area contributed by atoms with E-state index in [1.807, 2.05) is 19.1 Å². The molecule has 0 bridgehead atoms. The van der Waals surface area contributed by atoms with Gasteiger partial charge in [0.15, 0.2) is 11.5 Å². The molecule has 0 aliphatic carbocycles. The first-order valence-corrected chi connectivity index (χ1v) is 8.18. The van der Waals surface area contributed by atoms with Crippen LogP contribution in [0.15, 0.2) is 29.2 Å². The van der Waals surface area contributed by atoms with Crippen LogP contribution in [0.25, 0.3) is 5.65 Å². The van der Waals surface area contributed by atoms with Gasteiger partial charge >= 0.3 is 0 Å². The lowest BCUT2D eigenvalue weighted by molar-refractivity contribution is 0.190. The third-order valence-corrected chi connectivity index (χ3v) is 4.76. The van der Waals surface area contributed by atoms with Gasteiger partial charge in [-0.15, -0.1) is 15.3 Å². The number of rotatable bonds is 4. The number of likely N-dealkylation sites (N-methyl/N-ethyl adjacent to an activating group) is 1. The summed E-state index contributed by atoms with van der Waals surface area (Å²) in [6, 6.07) is 5.78. The zero-order valence-electron chi connectivity index (χ0n) is 14.5. The van der Waals surface area contributed by atoms with Crippen LogP contribution in [-0.2, 0) is 13.6 Å². The van der Waals surface area contributed by atoms with Gasteiger partial charge in [-0.25, -0.2) is 4.98 Å². The summed E-state index contributed by atoms with van der Waals surface area (Å²) < 4.78 is 3.35. The van der Waals surface area contributed by atoms with E-state index in [0.717, 1.165) is 36.2 Å². The molecule has 9 nitrogen and oxygen atoms in total. The second kappa shape index (κ2) is 5.92. The number of fused-ring (bicyclic) bond motifs is 1. The summed E-state index contributed by atoms with van der Waals surface area (Å²) in [6.07, 6.45) is 1.57. The van der Waals surface area contributed by atoms with Gasteiger partial charge in [-0.05, 0) is 26.1 Å². The van der Waals surface area contributed by atoms with Crippen LogP contribution in [0.5, 0.6) is 0 Å². The molecule has 9 heteroatoms. The maximum atomic E-state index is 11.7. The smallest absolute Gasteiger partial charge is 0.253 e. The third-order valence-electron chi connectivity index (χ3n) is 4.76. The molecule has 0 atom stereocenters. The van der Waals surface area contributed by atoms with Crippen LogP contribution >= 0.6 is 0 Å². The van der Waals surface area contributed by atoms with Crippen molar-refractivity contribution >= 4 is 11.5 Å². The van der Waals surface area contributed by atoms with E-state index >= 15 is 0 Å². The van der Waals surface area contributed by atoms with Crippen molar-refractivity contribution in [2.45, 2.75) is 19.5 Å². The van der Waals surface area contributed by atoms with Gasteiger partial charge in [0.1, 0.15) is 11.6 Å². The van der Waals surface area contributed by atoms with Crippen LogP contribution in [0.2, 0.25) is 0 Å². The highest BCUT2D eigenvalue weighted by molar-refractivity contribution is 5.47. The summed E-state index contributed by atoms with van der Waals surface area (Å²) in [5.74, 6) is 2.47. The minimum Gasteiger partial charge on any atom is -0.352 e. The average Bonchev–Trinajstić information content (AvgIpc) is 2.91. The predicted octanol–water partition coefficient (Wildman–Crippen LogP) is -0.153. The number of nitrogens with zero attached hydrogens (tertiary/aromatic N) is 8. The van der Waals surface area contributed by atoms with Crippen molar-refractivity contribution in [2.75, 3.05) is 25.0 Å². The molecular formula is C16H20N8O. The first-order chi connectivity index (χ1) is 12.0. The van der Waals surface area contributed by atoms with Crippen LogP contribution in [0.4, 0.5) is 5.82 Å². The van der Waals surface area contributed by atoms with Gasteiger partial charge in [-0.3, -0.25) is 14.3 Å². The SMILES string of the molecule is Cc1nnc2ccc(N3CC(N(C)Cc4nccc(=O)n4C)C3)nn12. The van der Waals surface area contributed by atoms with E-state index in [0.29, 0.717) is 12.6 Å². The molecule has 1 fully saturated rings. The number of hydrogen-bond acceptors (Lipinski definition) is 7. The third kappa shape index (κ3) is 2.76. The molecule has 0 N–H and O–H groups in total. The second-order valence-corrected chi connectivity index (χ2v) is 6.44. The Morgan fingerprint density at radius 2 is 2.04 bits per heavy atom. The minimum absolute atomic E-state index is 0.0320. The molecule has 0 aromatic carbocycles. The summed E-state index contributed by atoms with van der Waals surface area (Å²) in [5, 5.41) is 12.7. The maximum Gasteiger partial charge on any atom is 0.253 e. The summed E-state index contributed by atoms with van der Waals surface area (Å²) >= 11 is 0. The zero-order chi connectivity index (χ0) is 17.6. The Bertz CT molecular complexity index is 972. The standard InChI is InChI=1S/C16H20N8O/c1-11-18-19-13-4-5-14(20-24(11)13)23-8-12(9-23)21(2)10-15-17-7-6-16(25)22(15)3/h4-7,12H,8-10H2,1-3H3. The van der Waals surface area contributed by atoms with E-state index in [1.165, 1.54) is 6.07 Å². The Balaban J connectivity index is 1.43. The fourth-order valence-electron chi connectivity index (χ4n) is 2.99. The van der Waals surface area contributed by atoms with Crippen molar-refractivity contribution in [3.63, 3.8) is 0 Å². The van der Waals surface area contributed by atoms with E-state index in [1.54, 1.807) is 22.3 Å². The van der Waals surface area contributed by atoms with E-state index < -0.39 is 0 Å². The fraction of sp³-hybridized carbons (Fsp3) is 0.438. The van der Waals surface area contributed by atoms with Crippen molar-refractivity contribution < 1.29 is 0 Å². The first-order valence-electron chi connectivity index (χ1n) is 8.18. The zero-order valence-corrected chi connectivity index (χ0v) is 14.5. The first kappa shape index (κ1) is 15.7. The molecule has 1 aliphatic rings. The summed E-state index contributed by atoms with van der Waals surface area (Å²) in [4.78, 5) is 20.5. The Morgan fingerprint density at radius 1 is 1.24 bits per heavy atom. The van der Waals surface area contributed by atoms with Gasteiger partial charge in [0.2, 0.25) is 0 Å². The van der Waals surface area contributed by atoms with E-state index in [9.17, 15) is 4.79 Å². The molecule has 0 saturated carbocycles. The van der Waals surface area contributed by atoms with Crippen molar-refractivity contribution in [1.29, 1.82) is 0 Å². The van der Waals surface area contributed by atoms with Crippen molar-refractivity contribution in [1.82, 2.24) is 34.3 Å². The van der Waals surface area contributed by atoms with Gasteiger partial charge < -0.3 is 4.90 Å². The molecule has 0 spiro atoms. The van der Waals surface area contributed by atoms with Crippen LogP contribution in [-0.4, -0.2) is 60.4 Å². The molecule has 3 aromatic rings. The summed E-state index contributed by atoms with van der Waals surface area (Å²) in [6.45, 7) is 4.30. The van der Waals surface area contributed by atoms with E-state index in [2.05, 4.69) is 37.1 Å². The topological polar surface area (TPSA) is 84.5 Å². The Kier molecular flexibility index (Phi) is 3.72. The monoisotopic (exact) mass is 340 g/mol. The van der Waals surface area contributed by atoms with Crippen molar-refractivity contribution in [2.24, 2.45) is 7.05 Å². The average molecular weight is 340 g/mol. The van der Waals surface area contributed by atoms with Gasteiger partial charge in [-0.1, -0.05) is 0 Å². The molecule has 25 heavy (non-hydrogen) atoms. The Morgan fingerprint density at radius 3 is 2.84 bits per heavy atom. The quantitative estimate of drug-likeness (QED) is 0.653. The van der Waals surface area contributed by atoms with Gasteiger partial charge in [-0.2, -0.15) is 4.52 Å². The molecule has 0 amide bonds.